The molecule has 2 aromatic heterocycles. The van der Waals surface area contributed by atoms with E-state index in [1.165, 1.54) is 22.7 Å². The fourth-order valence-electron chi connectivity index (χ4n) is 1.40. The van der Waals surface area contributed by atoms with Gasteiger partial charge in [0.05, 0.1) is 11.5 Å². The molecule has 19 heavy (non-hydrogen) atoms. The summed E-state index contributed by atoms with van der Waals surface area (Å²) in [7, 11) is 0. The molecule has 0 aromatic carbocycles. The predicted molar refractivity (Wildman–Crippen MR) is 75.9 cm³/mol. The Morgan fingerprint density at radius 1 is 1.11 bits per heavy atom. The number of rotatable bonds is 6. The minimum Gasteiger partial charge on any atom is -0.461 e. The maximum atomic E-state index is 11.6. The first kappa shape index (κ1) is 13.8. The van der Waals surface area contributed by atoms with Gasteiger partial charge >= 0.3 is 5.97 Å². The number of amides is 1. The van der Waals surface area contributed by atoms with Gasteiger partial charge in [-0.15, -0.1) is 22.7 Å². The van der Waals surface area contributed by atoms with Crippen molar-refractivity contribution in [3.63, 3.8) is 0 Å². The lowest BCUT2D eigenvalue weighted by Gasteiger charge is -2.04. The van der Waals surface area contributed by atoms with Crippen LogP contribution in [0.5, 0.6) is 0 Å². The highest BCUT2D eigenvalue weighted by molar-refractivity contribution is 7.12. The Hall–Kier alpha value is -1.66. The van der Waals surface area contributed by atoms with Gasteiger partial charge in [0, 0.05) is 6.54 Å². The molecule has 100 valence electrons. The summed E-state index contributed by atoms with van der Waals surface area (Å²) in [6.45, 7) is 0.801. The van der Waals surface area contributed by atoms with Crippen molar-refractivity contribution in [3.05, 3.63) is 44.8 Å². The molecular weight excluding hydrogens is 282 g/mol. The molecule has 0 aliphatic rings. The average Bonchev–Trinajstić information content (AvgIpc) is 3.10. The van der Waals surface area contributed by atoms with Crippen LogP contribution in [0.15, 0.2) is 35.0 Å². The van der Waals surface area contributed by atoms with Crippen molar-refractivity contribution in [2.24, 2.45) is 0 Å². The molecular formula is C13H13NO3S2. The summed E-state index contributed by atoms with van der Waals surface area (Å²) in [4.78, 5) is 24.4. The number of esters is 1. The van der Waals surface area contributed by atoms with Crippen LogP contribution in [-0.4, -0.2) is 25.0 Å². The summed E-state index contributed by atoms with van der Waals surface area (Å²) in [5.74, 6) is -0.390. The summed E-state index contributed by atoms with van der Waals surface area (Å²) >= 11 is 2.76. The molecule has 2 heterocycles. The van der Waals surface area contributed by atoms with Crippen LogP contribution < -0.4 is 5.32 Å². The topological polar surface area (TPSA) is 55.4 Å². The Morgan fingerprint density at radius 2 is 1.79 bits per heavy atom. The standard InChI is InChI=1S/C13H13NO3S2/c15-12(10-4-1-8-18-10)14-6-3-7-17-13(16)11-5-2-9-19-11/h1-2,4-5,8-9H,3,6-7H2,(H,14,15). The first-order chi connectivity index (χ1) is 9.27. The number of nitrogens with one attached hydrogen (secondary N) is 1. The zero-order valence-electron chi connectivity index (χ0n) is 10.1. The van der Waals surface area contributed by atoms with Gasteiger partial charge in [0.25, 0.3) is 5.91 Å². The second-order valence-electron chi connectivity index (χ2n) is 3.70. The van der Waals surface area contributed by atoms with Gasteiger partial charge in [0.2, 0.25) is 0 Å². The monoisotopic (exact) mass is 295 g/mol. The first-order valence-corrected chi connectivity index (χ1v) is 7.55. The van der Waals surface area contributed by atoms with Crippen molar-refractivity contribution < 1.29 is 14.3 Å². The summed E-state index contributed by atoms with van der Waals surface area (Å²) in [5.41, 5.74) is 0. The summed E-state index contributed by atoms with van der Waals surface area (Å²) in [6.07, 6.45) is 0.605. The summed E-state index contributed by atoms with van der Waals surface area (Å²) in [5, 5.41) is 6.47. The second kappa shape index (κ2) is 7.06. The fourth-order valence-corrected chi connectivity index (χ4v) is 2.66. The Kier molecular flexibility index (Phi) is 5.11. The van der Waals surface area contributed by atoms with Crippen LogP contribution in [0.4, 0.5) is 0 Å². The molecule has 0 saturated carbocycles. The zero-order valence-corrected chi connectivity index (χ0v) is 11.8. The van der Waals surface area contributed by atoms with Gasteiger partial charge in [-0.2, -0.15) is 0 Å². The molecule has 0 aliphatic heterocycles. The molecule has 0 unspecified atom stereocenters. The van der Waals surface area contributed by atoms with Crippen molar-refractivity contribution in [3.8, 4) is 0 Å². The molecule has 2 rings (SSSR count). The molecule has 2 aromatic rings. The number of carbonyl (C=O) groups is 2. The average molecular weight is 295 g/mol. The van der Waals surface area contributed by atoms with Gasteiger partial charge in [-0.05, 0) is 29.3 Å². The van der Waals surface area contributed by atoms with E-state index in [9.17, 15) is 9.59 Å². The van der Waals surface area contributed by atoms with Gasteiger partial charge in [0.15, 0.2) is 0 Å². The third-order valence-electron chi connectivity index (χ3n) is 2.31. The number of hydrogen-bond acceptors (Lipinski definition) is 5. The molecule has 0 radical (unpaired) electrons. The van der Waals surface area contributed by atoms with E-state index in [0.29, 0.717) is 29.3 Å². The maximum Gasteiger partial charge on any atom is 0.348 e. The highest BCUT2D eigenvalue weighted by Gasteiger charge is 2.08. The van der Waals surface area contributed by atoms with Crippen molar-refractivity contribution >= 4 is 34.6 Å². The predicted octanol–water partition coefficient (Wildman–Crippen LogP) is 2.79. The molecule has 0 bridgehead atoms. The van der Waals surface area contributed by atoms with Crippen molar-refractivity contribution in [1.82, 2.24) is 5.32 Å². The van der Waals surface area contributed by atoms with E-state index < -0.39 is 0 Å². The normalized spacial score (nSPS) is 10.1. The molecule has 0 fully saturated rings. The smallest absolute Gasteiger partial charge is 0.348 e. The van der Waals surface area contributed by atoms with E-state index in [1.54, 1.807) is 12.1 Å². The van der Waals surface area contributed by atoms with E-state index in [-0.39, 0.29) is 11.9 Å². The number of ether oxygens (including phenoxy) is 1. The van der Waals surface area contributed by atoms with Gasteiger partial charge in [-0.1, -0.05) is 12.1 Å². The minimum atomic E-state index is -0.306. The lowest BCUT2D eigenvalue weighted by Crippen LogP contribution is -2.24. The van der Waals surface area contributed by atoms with Gasteiger partial charge in [-0.25, -0.2) is 4.79 Å². The molecule has 1 N–H and O–H groups in total. The third-order valence-corrected chi connectivity index (χ3v) is 4.03. The Bertz CT molecular complexity index is 472. The quantitative estimate of drug-likeness (QED) is 0.658. The van der Waals surface area contributed by atoms with E-state index in [0.717, 1.165) is 0 Å². The highest BCUT2D eigenvalue weighted by Crippen LogP contribution is 2.10. The van der Waals surface area contributed by atoms with Crippen LogP contribution in [0.25, 0.3) is 0 Å². The van der Waals surface area contributed by atoms with Gasteiger partial charge in [0.1, 0.15) is 4.88 Å². The fraction of sp³-hybridized carbons (Fsp3) is 0.231. The summed E-state index contributed by atoms with van der Waals surface area (Å²) in [6, 6.07) is 7.15. The molecule has 1 amide bonds. The van der Waals surface area contributed by atoms with Crippen LogP contribution in [0.1, 0.15) is 25.8 Å². The largest absolute Gasteiger partial charge is 0.461 e. The van der Waals surface area contributed by atoms with Crippen LogP contribution in [0.3, 0.4) is 0 Å². The van der Waals surface area contributed by atoms with E-state index in [2.05, 4.69) is 5.32 Å². The molecule has 4 nitrogen and oxygen atoms in total. The number of thiophene rings is 2. The van der Waals surface area contributed by atoms with E-state index >= 15 is 0 Å². The number of hydrogen-bond donors (Lipinski definition) is 1. The minimum absolute atomic E-state index is 0.0837. The van der Waals surface area contributed by atoms with Crippen molar-refractivity contribution in [1.29, 1.82) is 0 Å². The van der Waals surface area contributed by atoms with Gasteiger partial charge in [-0.3, -0.25) is 4.79 Å². The van der Waals surface area contributed by atoms with E-state index in [4.69, 9.17) is 4.74 Å². The van der Waals surface area contributed by atoms with Crippen molar-refractivity contribution in [2.75, 3.05) is 13.2 Å². The summed E-state index contributed by atoms with van der Waals surface area (Å²) < 4.78 is 5.08. The number of carbonyl (C=O) groups excluding carboxylic acids is 2. The SMILES string of the molecule is O=C(NCCCOC(=O)c1cccs1)c1cccs1. The Labute approximate surface area is 119 Å². The van der Waals surface area contributed by atoms with Crippen LogP contribution in [0.2, 0.25) is 0 Å². The molecule has 0 spiro atoms. The first-order valence-electron chi connectivity index (χ1n) is 5.79. The van der Waals surface area contributed by atoms with Gasteiger partial charge < -0.3 is 10.1 Å². The van der Waals surface area contributed by atoms with E-state index in [1.807, 2.05) is 22.9 Å². The van der Waals surface area contributed by atoms with Crippen molar-refractivity contribution in [2.45, 2.75) is 6.42 Å². The molecule has 0 saturated heterocycles. The highest BCUT2D eigenvalue weighted by atomic mass is 32.1. The van der Waals surface area contributed by atoms with Crippen LogP contribution in [0, 0.1) is 0 Å². The molecule has 0 atom stereocenters. The maximum absolute atomic E-state index is 11.6. The lowest BCUT2D eigenvalue weighted by atomic mass is 10.4. The van der Waals surface area contributed by atoms with Crippen LogP contribution >= 0.6 is 22.7 Å². The van der Waals surface area contributed by atoms with Crippen LogP contribution in [-0.2, 0) is 4.74 Å². The lowest BCUT2D eigenvalue weighted by molar-refractivity contribution is 0.0506. The third kappa shape index (κ3) is 4.18. The Balaban J connectivity index is 1.60. The molecule has 6 heteroatoms. The zero-order chi connectivity index (χ0) is 13.5. The molecule has 0 aliphatic carbocycles. The second-order valence-corrected chi connectivity index (χ2v) is 5.60. The Morgan fingerprint density at radius 3 is 2.42 bits per heavy atom.